The number of fused-ring (bicyclic) bond motifs is 1. The van der Waals surface area contributed by atoms with Gasteiger partial charge in [-0.15, -0.1) is 29.7 Å². The summed E-state index contributed by atoms with van der Waals surface area (Å²) in [4.78, 5) is 0. The fourth-order valence-electron chi connectivity index (χ4n) is 2.03. The SMILES string of the molecule is CCCC[c-]1cccc1.[Br-].[Br-].[Hf+4].c1ccc2[cH-]ccc2c1. The number of halogens is 2. The number of hydrogen-bond donors (Lipinski definition) is 0. The summed E-state index contributed by atoms with van der Waals surface area (Å²) in [7, 11) is 0. The van der Waals surface area contributed by atoms with E-state index >= 15 is 0 Å². The second-order valence-electron chi connectivity index (χ2n) is 4.55. The van der Waals surface area contributed by atoms with E-state index in [9.17, 15) is 0 Å². The molecule has 0 heterocycles. The van der Waals surface area contributed by atoms with E-state index in [0.29, 0.717) is 0 Å². The zero-order valence-corrected chi connectivity index (χ0v) is 19.0. The number of aryl methyl sites for hydroxylation is 1. The van der Waals surface area contributed by atoms with E-state index < -0.39 is 0 Å². The molecule has 0 bridgehead atoms. The Morgan fingerprint density at radius 3 is 2.24 bits per heavy atom. The smallest absolute Gasteiger partial charge is 1.00 e. The van der Waals surface area contributed by atoms with Crippen LogP contribution in [0.25, 0.3) is 10.8 Å². The summed E-state index contributed by atoms with van der Waals surface area (Å²) in [6.07, 6.45) is 3.87. The van der Waals surface area contributed by atoms with Crippen molar-refractivity contribution in [2.24, 2.45) is 0 Å². The number of hydrogen-bond acceptors (Lipinski definition) is 0. The molecule has 0 N–H and O–H groups in total. The van der Waals surface area contributed by atoms with Crippen molar-refractivity contribution in [2.45, 2.75) is 26.2 Å². The standard InChI is InChI=1S/C9H7.C9H13.2BrH.Hf/c1-2-5-9-7-3-6-8(9)4-1;1-2-3-6-9-7-4-5-8-9;;;/h1-7H;4-5,7-8H,2-3,6H2,1H3;2*1H;/q2*-1;;;+4/p-2. The topological polar surface area (TPSA) is 0 Å². The van der Waals surface area contributed by atoms with Crippen molar-refractivity contribution >= 4 is 10.8 Å². The molecule has 21 heavy (non-hydrogen) atoms. The maximum atomic E-state index is 2.23. The third-order valence-electron chi connectivity index (χ3n) is 3.10. The Morgan fingerprint density at radius 2 is 1.62 bits per heavy atom. The van der Waals surface area contributed by atoms with Gasteiger partial charge in [-0.3, -0.25) is 0 Å². The zero-order valence-electron chi connectivity index (χ0n) is 12.2. The van der Waals surface area contributed by atoms with Crippen LogP contribution in [0.5, 0.6) is 0 Å². The van der Waals surface area contributed by atoms with Crippen molar-refractivity contribution in [1.82, 2.24) is 0 Å². The van der Waals surface area contributed by atoms with E-state index in [1.54, 1.807) is 0 Å². The van der Waals surface area contributed by atoms with Gasteiger partial charge in [0.2, 0.25) is 0 Å². The Bertz CT molecular complexity index is 525. The normalized spacial score (nSPS) is 8.62. The molecular formula is C18H20Br2Hf. The molecule has 3 heteroatoms. The van der Waals surface area contributed by atoms with Crippen LogP contribution in [0.1, 0.15) is 25.3 Å². The summed E-state index contributed by atoms with van der Waals surface area (Å²) in [5, 5.41) is 2.66. The molecule has 0 spiro atoms. The predicted molar refractivity (Wildman–Crippen MR) is 80.2 cm³/mol. The van der Waals surface area contributed by atoms with Crippen molar-refractivity contribution in [1.29, 1.82) is 0 Å². The van der Waals surface area contributed by atoms with Crippen molar-refractivity contribution in [3.63, 3.8) is 0 Å². The van der Waals surface area contributed by atoms with Gasteiger partial charge >= 0.3 is 25.8 Å². The first-order valence-corrected chi connectivity index (χ1v) is 6.71. The molecule has 0 saturated carbocycles. The molecule has 0 fully saturated rings. The Balaban J connectivity index is 0. The Hall–Kier alpha value is 0.0101. The second-order valence-corrected chi connectivity index (χ2v) is 4.55. The summed E-state index contributed by atoms with van der Waals surface area (Å²) in [5.41, 5.74) is 1.48. The Labute approximate surface area is 168 Å². The first kappa shape index (κ1) is 23.3. The van der Waals surface area contributed by atoms with E-state index in [2.05, 4.69) is 73.7 Å². The van der Waals surface area contributed by atoms with Crippen LogP contribution >= 0.6 is 0 Å². The van der Waals surface area contributed by atoms with Crippen molar-refractivity contribution in [3.05, 3.63) is 72.3 Å². The minimum atomic E-state index is 0. The van der Waals surface area contributed by atoms with E-state index in [0.717, 1.165) is 0 Å². The molecule has 3 rings (SSSR count). The van der Waals surface area contributed by atoms with E-state index in [1.165, 1.54) is 35.6 Å². The minimum Gasteiger partial charge on any atom is -1.00 e. The molecule has 110 valence electrons. The molecule has 3 aromatic rings. The van der Waals surface area contributed by atoms with Gasteiger partial charge in [-0.25, -0.2) is 12.1 Å². The van der Waals surface area contributed by atoms with Crippen molar-refractivity contribution < 1.29 is 59.8 Å². The number of benzene rings is 1. The monoisotopic (exact) mass is 574 g/mol. The third kappa shape index (κ3) is 8.27. The molecular weight excluding hydrogens is 554 g/mol. The van der Waals surface area contributed by atoms with Crippen LogP contribution in [-0.4, -0.2) is 0 Å². The molecule has 0 aromatic heterocycles. The van der Waals surface area contributed by atoms with Crippen LogP contribution in [0.4, 0.5) is 0 Å². The molecule has 0 aliphatic carbocycles. The first-order chi connectivity index (χ1) is 8.90. The Kier molecular flexibility index (Phi) is 15.1. The molecule has 0 unspecified atom stereocenters. The van der Waals surface area contributed by atoms with E-state index in [-0.39, 0.29) is 59.8 Å². The van der Waals surface area contributed by atoms with E-state index in [1.807, 2.05) is 0 Å². The molecule has 0 saturated heterocycles. The van der Waals surface area contributed by atoms with Crippen LogP contribution in [0.3, 0.4) is 0 Å². The van der Waals surface area contributed by atoms with Crippen LogP contribution in [0.2, 0.25) is 0 Å². The van der Waals surface area contributed by atoms with Crippen LogP contribution in [0, 0.1) is 0 Å². The van der Waals surface area contributed by atoms with Gasteiger partial charge in [0.1, 0.15) is 0 Å². The van der Waals surface area contributed by atoms with Gasteiger partial charge in [0, 0.05) is 0 Å². The maximum absolute atomic E-state index is 2.23. The average Bonchev–Trinajstić information content (AvgIpc) is 3.08. The predicted octanol–water partition coefficient (Wildman–Crippen LogP) is -0.688. The fraction of sp³-hybridized carbons (Fsp3) is 0.222. The van der Waals surface area contributed by atoms with E-state index in [4.69, 9.17) is 0 Å². The molecule has 0 radical (unpaired) electrons. The van der Waals surface area contributed by atoms with Gasteiger partial charge in [0.05, 0.1) is 0 Å². The summed E-state index contributed by atoms with van der Waals surface area (Å²) < 4.78 is 0. The molecule has 0 amide bonds. The van der Waals surface area contributed by atoms with Gasteiger partial charge < -0.3 is 34.0 Å². The largest absolute Gasteiger partial charge is 4.00 e. The second kappa shape index (κ2) is 13.7. The summed E-state index contributed by atoms with van der Waals surface area (Å²) in [6, 6.07) is 23.3. The summed E-state index contributed by atoms with van der Waals surface area (Å²) >= 11 is 0. The quantitative estimate of drug-likeness (QED) is 0.287. The molecule has 3 aromatic carbocycles. The van der Waals surface area contributed by atoms with Gasteiger partial charge in [-0.1, -0.05) is 32.3 Å². The summed E-state index contributed by atoms with van der Waals surface area (Å²) in [6.45, 7) is 2.23. The van der Waals surface area contributed by atoms with Gasteiger partial charge in [0.15, 0.2) is 0 Å². The van der Waals surface area contributed by atoms with Crippen LogP contribution in [-0.2, 0) is 32.3 Å². The molecule has 0 atom stereocenters. The molecule has 0 nitrogen and oxygen atoms in total. The van der Waals surface area contributed by atoms with Crippen molar-refractivity contribution in [3.8, 4) is 0 Å². The van der Waals surface area contributed by atoms with Gasteiger partial charge in [-0.05, 0) is 0 Å². The Morgan fingerprint density at radius 1 is 0.952 bits per heavy atom. The fourth-order valence-corrected chi connectivity index (χ4v) is 2.03. The first-order valence-electron chi connectivity index (χ1n) is 6.71. The zero-order chi connectivity index (χ0) is 12.6. The van der Waals surface area contributed by atoms with Gasteiger partial charge in [0.25, 0.3) is 0 Å². The van der Waals surface area contributed by atoms with Gasteiger partial charge in [-0.2, -0.15) is 35.2 Å². The third-order valence-corrected chi connectivity index (χ3v) is 3.10. The average molecular weight is 575 g/mol. The van der Waals surface area contributed by atoms with Crippen LogP contribution < -0.4 is 34.0 Å². The number of rotatable bonds is 3. The maximum Gasteiger partial charge on any atom is 4.00 e. The summed E-state index contributed by atoms with van der Waals surface area (Å²) in [5.74, 6) is 0. The molecule has 0 aliphatic rings. The minimum absolute atomic E-state index is 0. The van der Waals surface area contributed by atoms with Crippen LogP contribution in [0.15, 0.2) is 66.7 Å². The molecule has 0 aliphatic heterocycles. The van der Waals surface area contributed by atoms with Crippen molar-refractivity contribution in [2.75, 3.05) is 0 Å². The number of unbranched alkanes of at least 4 members (excludes halogenated alkanes) is 1.